The van der Waals surface area contributed by atoms with Crippen molar-refractivity contribution in [1.29, 1.82) is 0 Å². The molecule has 3 heteroatoms. The molecule has 0 saturated heterocycles. The molecule has 1 aromatic rings. The number of hydrogen-bond donors (Lipinski definition) is 1. The van der Waals surface area contributed by atoms with Crippen molar-refractivity contribution in [1.82, 2.24) is 9.97 Å². The molecule has 0 unspecified atom stereocenters. The van der Waals surface area contributed by atoms with Gasteiger partial charge >= 0.3 is 0 Å². The molecule has 1 rings (SSSR count). The normalized spacial score (nSPS) is 10.2. The first-order valence-corrected chi connectivity index (χ1v) is 4.36. The van der Waals surface area contributed by atoms with Crippen LogP contribution in [0.4, 0.5) is 0 Å². The number of nitrogens with two attached hydrogens (primary N) is 1. The van der Waals surface area contributed by atoms with Gasteiger partial charge in [0, 0.05) is 11.4 Å². The summed E-state index contributed by atoms with van der Waals surface area (Å²) in [5, 5.41) is 0. The summed E-state index contributed by atoms with van der Waals surface area (Å²) in [5.41, 5.74) is 7.62. The zero-order valence-corrected chi connectivity index (χ0v) is 7.45. The average Bonchev–Trinajstić information content (AvgIpc) is 2.15. The van der Waals surface area contributed by atoms with E-state index in [-0.39, 0.29) is 0 Å². The summed E-state index contributed by atoms with van der Waals surface area (Å²) in [6, 6.07) is 2.05. The fraction of sp³-hybridized carbons (Fsp3) is 0.556. The van der Waals surface area contributed by atoms with Crippen LogP contribution in [0.25, 0.3) is 0 Å². The minimum Gasteiger partial charge on any atom is -0.330 e. The second kappa shape index (κ2) is 4.83. The molecule has 0 saturated carbocycles. The molecule has 0 aromatic carbocycles. The van der Waals surface area contributed by atoms with Crippen LogP contribution in [0.2, 0.25) is 0 Å². The van der Waals surface area contributed by atoms with E-state index in [0.717, 1.165) is 37.2 Å². The summed E-state index contributed by atoms with van der Waals surface area (Å²) in [6.07, 6.45) is 4.56. The maximum atomic E-state index is 5.40. The van der Waals surface area contributed by atoms with Crippen LogP contribution < -0.4 is 5.73 Å². The van der Waals surface area contributed by atoms with Gasteiger partial charge in [-0.05, 0) is 31.9 Å². The zero-order chi connectivity index (χ0) is 8.81. The predicted molar refractivity (Wildman–Crippen MR) is 48.8 cm³/mol. The van der Waals surface area contributed by atoms with Gasteiger partial charge in [-0.1, -0.05) is 6.92 Å². The third kappa shape index (κ3) is 2.58. The predicted octanol–water partition coefficient (Wildman–Crippen LogP) is 0.930. The Balaban J connectivity index is 2.60. The van der Waals surface area contributed by atoms with Crippen molar-refractivity contribution in [2.45, 2.75) is 26.2 Å². The van der Waals surface area contributed by atoms with Crippen LogP contribution in [0.5, 0.6) is 0 Å². The lowest BCUT2D eigenvalue weighted by Gasteiger charge is -1.99. The fourth-order valence-electron chi connectivity index (χ4n) is 1.06. The van der Waals surface area contributed by atoms with Crippen LogP contribution in [0, 0.1) is 0 Å². The van der Waals surface area contributed by atoms with Crippen molar-refractivity contribution in [2.75, 3.05) is 6.54 Å². The Morgan fingerprint density at radius 2 is 2.08 bits per heavy atom. The Bertz CT molecular complexity index is 235. The molecule has 0 aliphatic carbocycles. The lowest BCUT2D eigenvalue weighted by Crippen LogP contribution is -2.02. The van der Waals surface area contributed by atoms with Crippen molar-refractivity contribution in [3.63, 3.8) is 0 Å². The molecule has 1 aromatic heterocycles. The lowest BCUT2D eigenvalue weighted by molar-refractivity contribution is 0.799. The standard InChI is InChI=1S/C9H15N3/c1-2-8-6-9(4-3-5-10)12-7-11-8/h6-7H,2-5,10H2,1H3. The molecule has 0 fully saturated rings. The quantitative estimate of drug-likeness (QED) is 0.722. The highest BCUT2D eigenvalue weighted by molar-refractivity contribution is 5.07. The van der Waals surface area contributed by atoms with Crippen LogP contribution in [0.1, 0.15) is 24.7 Å². The molecule has 0 aliphatic heterocycles. The van der Waals surface area contributed by atoms with E-state index in [1.165, 1.54) is 0 Å². The van der Waals surface area contributed by atoms with Crippen LogP contribution in [0.15, 0.2) is 12.4 Å². The summed E-state index contributed by atoms with van der Waals surface area (Å²) in [6.45, 7) is 2.82. The highest BCUT2D eigenvalue weighted by Crippen LogP contribution is 2.01. The fourth-order valence-corrected chi connectivity index (χ4v) is 1.06. The highest BCUT2D eigenvalue weighted by atomic mass is 14.8. The topological polar surface area (TPSA) is 51.8 Å². The highest BCUT2D eigenvalue weighted by Gasteiger charge is 1.95. The van der Waals surface area contributed by atoms with E-state index in [1.54, 1.807) is 6.33 Å². The molecule has 0 bridgehead atoms. The molecular formula is C9H15N3. The van der Waals surface area contributed by atoms with Crippen molar-refractivity contribution >= 4 is 0 Å². The molecule has 0 amide bonds. The molecule has 66 valence electrons. The van der Waals surface area contributed by atoms with Gasteiger partial charge in [0.2, 0.25) is 0 Å². The molecule has 12 heavy (non-hydrogen) atoms. The molecular weight excluding hydrogens is 150 g/mol. The van der Waals surface area contributed by atoms with Gasteiger partial charge in [-0.3, -0.25) is 0 Å². The maximum Gasteiger partial charge on any atom is 0.115 e. The van der Waals surface area contributed by atoms with Gasteiger partial charge in [-0.25, -0.2) is 9.97 Å². The van der Waals surface area contributed by atoms with Gasteiger partial charge in [0.25, 0.3) is 0 Å². The third-order valence-corrected chi connectivity index (χ3v) is 1.78. The Morgan fingerprint density at radius 3 is 2.75 bits per heavy atom. The molecule has 0 aliphatic rings. The molecule has 3 nitrogen and oxygen atoms in total. The van der Waals surface area contributed by atoms with E-state index in [0.29, 0.717) is 0 Å². The van der Waals surface area contributed by atoms with E-state index < -0.39 is 0 Å². The van der Waals surface area contributed by atoms with Crippen LogP contribution in [-0.2, 0) is 12.8 Å². The minimum absolute atomic E-state index is 0.728. The zero-order valence-electron chi connectivity index (χ0n) is 7.45. The van der Waals surface area contributed by atoms with Gasteiger partial charge in [0.1, 0.15) is 6.33 Å². The van der Waals surface area contributed by atoms with E-state index in [4.69, 9.17) is 5.73 Å². The number of rotatable bonds is 4. The lowest BCUT2D eigenvalue weighted by atomic mass is 10.2. The number of aromatic nitrogens is 2. The van der Waals surface area contributed by atoms with Gasteiger partial charge in [0.05, 0.1) is 0 Å². The van der Waals surface area contributed by atoms with E-state index in [2.05, 4.69) is 23.0 Å². The second-order valence-electron chi connectivity index (χ2n) is 2.75. The van der Waals surface area contributed by atoms with E-state index >= 15 is 0 Å². The Morgan fingerprint density at radius 1 is 1.33 bits per heavy atom. The average molecular weight is 165 g/mol. The molecule has 0 spiro atoms. The first-order chi connectivity index (χ1) is 5.86. The molecule has 0 atom stereocenters. The third-order valence-electron chi connectivity index (χ3n) is 1.78. The Hall–Kier alpha value is -0.960. The molecule has 0 radical (unpaired) electrons. The van der Waals surface area contributed by atoms with Crippen molar-refractivity contribution < 1.29 is 0 Å². The maximum absolute atomic E-state index is 5.40. The van der Waals surface area contributed by atoms with Crippen molar-refractivity contribution in [3.05, 3.63) is 23.8 Å². The number of hydrogen-bond acceptors (Lipinski definition) is 3. The van der Waals surface area contributed by atoms with Crippen LogP contribution in [0.3, 0.4) is 0 Å². The summed E-state index contributed by atoms with van der Waals surface area (Å²) in [7, 11) is 0. The largest absolute Gasteiger partial charge is 0.330 e. The SMILES string of the molecule is CCc1cc(CCCN)ncn1. The minimum atomic E-state index is 0.728. The van der Waals surface area contributed by atoms with E-state index in [1.807, 2.05) is 0 Å². The summed E-state index contributed by atoms with van der Waals surface area (Å²) in [4.78, 5) is 8.28. The van der Waals surface area contributed by atoms with Gasteiger partial charge in [0.15, 0.2) is 0 Å². The van der Waals surface area contributed by atoms with Gasteiger partial charge < -0.3 is 5.73 Å². The van der Waals surface area contributed by atoms with Crippen LogP contribution in [-0.4, -0.2) is 16.5 Å². The smallest absolute Gasteiger partial charge is 0.115 e. The van der Waals surface area contributed by atoms with E-state index in [9.17, 15) is 0 Å². The number of aryl methyl sites for hydroxylation is 2. The summed E-state index contributed by atoms with van der Waals surface area (Å²) >= 11 is 0. The Kier molecular flexibility index (Phi) is 3.67. The second-order valence-corrected chi connectivity index (χ2v) is 2.75. The van der Waals surface area contributed by atoms with Gasteiger partial charge in [-0.15, -0.1) is 0 Å². The van der Waals surface area contributed by atoms with Gasteiger partial charge in [-0.2, -0.15) is 0 Å². The molecule has 1 heterocycles. The summed E-state index contributed by atoms with van der Waals surface area (Å²) < 4.78 is 0. The summed E-state index contributed by atoms with van der Waals surface area (Å²) in [5.74, 6) is 0. The van der Waals surface area contributed by atoms with Crippen LogP contribution >= 0.6 is 0 Å². The van der Waals surface area contributed by atoms with Crippen molar-refractivity contribution in [3.8, 4) is 0 Å². The first-order valence-electron chi connectivity index (χ1n) is 4.36. The monoisotopic (exact) mass is 165 g/mol. The first kappa shape index (κ1) is 9.13. The number of nitrogens with zero attached hydrogens (tertiary/aromatic N) is 2. The Labute approximate surface area is 73.0 Å². The van der Waals surface area contributed by atoms with Crippen molar-refractivity contribution in [2.24, 2.45) is 5.73 Å². The molecule has 2 N–H and O–H groups in total.